The number of hydrogen-bond donors (Lipinski definition) is 1. The SMILES string of the molecule is COc1cc(C(=O)NC[C@@H]2COC3(CCCC3)O2)cc(OC)c1OC. The number of ether oxygens (including phenoxy) is 5. The summed E-state index contributed by atoms with van der Waals surface area (Å²) >= 11 is 0. The van der Waals surface area contributed by atoms with Crippen molar-refractivity contribution in [3.05, 3.63) is 17.7 Å². The van der Waals surface area contributed by atoms with Crippen molar-refractivity contribution in [3.63, 3.8) is 0 Å². The van der Waals surface area contributed by atoms with Crippen LogP contribution in [-0.2, 0) is 9.47 Å². The third-order valence-electron chi connectivity index (χ3n) is 4.70. The van der Waals surface area contributed by atoms with Gasteiger partial charge in [0.2, 0.25) is 5.75 Å². The maximum absolute atomic E-state index is 12.5. The molecule has 2 aliphatic rings. The Balaban J connectivity index is 1.63. The molecule has 3 rings (SSSR count). The molecule has 7 nitrogen and oxygen atoms in total. The van der Waals surface area contributed by atoms with Crippen LogP contribution in [-0.4, -0.2) is 52.3 Å². The Morgan fingerprint density at radius 2 is 1.80 bits per heavy atom. The topological polar surface area (TPSA) is 75.3 Å². The first-order valence-electron chi connectivity index (χ1n) is 8.51. The lowest BCUT2D eigenvalue weighted by molar-refractivity contribution is -0.161. The predicted octanol–water partition coefficient (Wildman–Crippen LogP) is 2.13. The molecule has 1 aliphatic heterocycles. The van der Waals surface area contributed by atoms with E-state index in [0.717, 1.165) is 25.7 Å². The Morgan fingerprint density at radius 1 is 1.16 bits per heavy atom. The van der Waals surface area contributed by atoms with Gasteiger partial charge in [0.1, 0.15) is 6.10 Å². The van der Waals surface area contributed by atoms with Crippen LogP contribution >= 0.6 is 0 Å². The van der Waals surface area contributed by atoms with Gasteiger partial charge in [-0.15, -0.1) is 0 Å². The molecule has 1 saturated carbocycles. The zero-order valence-corrected chi connectivity index (χ0v) is 14.9. The van der Waals surface area contributed by atoms with Crippen molar-refractivity contribution in [2.75, 3.05) is 34.5 Å². The molecule has 1 amide bonds. The number of nitrogens with one attached hydrogen (secondary N) is 1. The van der Waals surface area contributed by atoms with Crippen molar-refractivity contribution in [2.24, 2.45) is 0 Å². The number of carbonyl (C=O) groups excluding carboxylic acids is 1. The number of benzene rings is 1. The van der Waals surface area contributed by atoms with Gasteiger partial charge in [0.05, 0.1) is 27.9 Å². The zero-order valence-electron chi connectivity index (χ0n) is 14.9. The maximum atomic E-state index is 12.5. The van der Waals surface area contributed by atoms with Crippen LogP contribution in [0.15, 0.2) is 12.1 Å². The van der Waals surface area contributed by atoms with Crippen LogP contribution in [0.1, 0.15) is 36.0 Å². The summed E-state index contributed by atoms with van der Waals surface area (Å²) in [4.78, 5) is 12.5. The fourth-order valence-electron chi connectivity index (χ4n) is 3.41. The molecule has 2 fully saturated rings. The van der Waals surface area contributed by atoms with Gasteiger partial charge in [-0.2, -0.15) is 0 Å². The van der Waals surface area contributed by atoms with Gasteiger partial charge >= 0.3 is 0 Å². The Hall–Kier alpha value is -1.99. The van der Waals surface area contributed by atoms with E-state index in [1.54, 1.807) is 12.1 Å². The van der Waals surface area contributed by atoms with E-state index in [-0.39, 0.29) is 12.0 Å². The van der Waals surface area contributed by atoms with Gasteiger partial charge in [-0.1, -0.05) is 0 Å². The second-order valence-corrected chi connectivity index (χ2v) is 6.29. The Kier molecular flexibility index (Phi) is 5.34. The van der Waals surface area contributed by atoms with Gasteiger partial charge in [-0.3, -0.25) is 4.79 Å². The molecule has 0 aromatic heterocycles. The molecular formula is C18H25NO6. The minimum Gasteiger partial charge on any atom is -0.493 e. The van der Waals surface area contributed by atoms with E-state index < -0.39 is 5.79 Å². The number of carbonyl (C=O) groups is 1. The molecule has 0 bridgehead atoms. The summed E-state index contributed by atoms with van der Waals surface area (Å²) in [5.41, 5.74) is 0.434. The first-order valence-corrected chi connectivity index (χ1v) is 8.51. The van der Waals surface area contributed by atoms with Crippen LogP contribution in [0.3, 0.4) is 0 Å². The third kappa shape index (κ3) is 3.67. The molecule has 0 unspecified atom stereocenters. The first kappa shape index (κ1) is 17.8. The van der Waals surface area contributed by atoms with Gasteiger partial charge in [0.25, 0.3) is 5.91 Å². The molecule has 1 spiro atoms. The second kappa shape index (κ2) is 7.49. The summed E-state index contributed by atoms with van der Waals surface area (Å²) < 4.78 is 27.7. The summed E-state index contributed by atoms with van der Waals surface area (Å²) in [5, 5.41) is 2.89. The van der Waals surface area contributed by atoms with Crippen molar-refractivity contribution in [2.45, 2.75) is 37.6 Å². The fraction of sp³-hybridized carbons (Fsp3) is 0.611. The quantitative estimate of drug-likeness (QED) is 0.846. The number of hydrogen-bond acceptors (Lipinski definition) is 6. The summed E-state index contributed by atoms with van der Waals surface area (Å²) in [6.07, 6.45) is 4.01. The standard InChI is InChI=1S/C18H25NO6/c1-21-14-8-12(9-15(22-2)16(14)23-3)17(20)19-10-13-11-24-18(25-13)6-4-5-7-18/h8-9,13H,4-7,10-11H2,1-3H3,(H,19,20)/t13-/m1/s1. The lowest BCUT2D eigenvalue weighted by atomic mass is 10.1. The zero-order chi connectivity index (χ0) is 17.9. The van der Waals surface area contributed by atoms with Crippen LogP contribution in [0.2, 0.25) is 0 Å². The van der Waals surface area contributed by atoms with Crippen LogP contribution in [0, 0.1) is 0 Å². The Bertz CT molecular complexity index is 601. The number of amides is 1. The van der Waals surface area contributed by atoms with Gasteiger partial charge in [-0.25, -0.2) is 0 Å². The molecule has 1 aromatic carbocycles. The summed E-state index contributed by atoms with van der Waals surface area (Å²) in [6.45, 7) is 0.910. The van der Waals surface area contributed by atoms with E-state index in [1.807, 2.05) is 0 Å². The highest BCUT2D eigenvalue weighted by molar-refractivity contribution is 5.95. The second-order valence-electron chi connectivity index (χ2n) is 6.29. The molecule has 1 atom stereocenters. The van der Waals surface area contributed by atoms with Crippen molar-refractivity contribution in [1.29, 1.82) is 0 Å². The average molecular weight is 351 g/mol. The van der Waals surface area contributed by atoms with Gasteiger partial charge in [0, 0.05) is 24.9 Å². The van der Waals surface area contributed by atoms with E-state index in [2.05, 4.69) is 5.32 Å². The molecule has 1 aromatic rings. The number of methoxy groups -OCH3 is 3. The molecule has 1 saturated heterocycles. The van der Waals surface area contributed by atoms with E-state index in [0.29, 0.717) is 36.0 Å². The molecule has 0 radical (unpaired) electrons. The van der Waals surface area contributed by atoms with Crippen LogP contribution in [0.5, 0.6) is 17.2 Å². The van der Waals surface area contributed by atoms with Crippen molar-refractivity contribution in [1.82, 2.24) is 5.32 Å². The maximum Gasteiger partial charge on any atom is 0.251 e. The van der Waals surface area contributed by atoms with E-state index in [1.165, 1.54) is 21.3 Å². The Morgan fingerprint density at radius 3 is 2.36 bits per heavy atom. The molecule has 25 heavy (non-hydrogen) atoms. The normalized spacial score (nSPS) is 21.3. The molecule has 1 heterocycles. The highest BCUT2D eigenvalue weighted by atomic mass is 16.7. The fourth-order valence-corrected chi connectivity index (χ4v) is 3.41. The average Bonchev–Trinajstić information content (AvgIpc) is 3.28. The summed E-state index contributed by atoms with van der Waals surface area (Å²) in [6, 6.07) is 3.25. The lowest BCUT2D eigenvalue weighted by Crippen LogP contribution is -2.35. The lowest BCUT2D eigenvalue weighted by Gasteiger charge is -2.22. The Labute approximate surface area is 147 Å². The summed E-state index contributed by atoms with van der Waals surface area (Å²) in [5.74, 6) is 0.698. The van der Waals surface area contributed by atoms with Gasteiger partial charge in [-0.05, 0) is 25.0 Å². The van der Waals surface area contributed by atoms with Crippen molar-refractivity contribution >= 4 is 5.91 Å². The highest BCUT2D eigenvalue weighted by Gasteiger charge is 2.43. The van der Waals surface area contributed by atoms with Crippen LogP contribution < -0.4 is 19.5 Å². The smallest absolute Gasteiger partial charge is 0.251 e. The van der Waals surface area contributed by atoms with Crippen molar-refractivity contribution in [3.8, 4) is 17.2 Å². The molecule has 1 aliphatic carbocycles. The monoisotopic (exact) mass is 351 g/mol. The molecule has 1 N–H and O–H groups in total. The molecule has 7 heteroatoms. The van der Waals surface area contributed by atoms with E-state index in [9.17, 15) is 4.79 Å². The van der Waals surface area contributed by atoms with Crippen LogP contribution in [0.25, 0.3) is 0 Å². The van der Waals surface area contributed by atoms with E-state index >= 15 is 0 Å². The largest absolute Gasteiger partial charge is 0.493 e. The molecular weight excluding hydrogens is 326 g/mol. The van der Waals surface area contributed by atoms with Crippen molar-refractivity contribution < 1.29 is 28.5 Å². The minimum absolute atomic E-state index is 0.121. The minimum atomic E-state index is -0.415. The predicted molar refractivity (Wildman–Crippen MR) is 90.5 cm³/mol. The van der Waals surface area contributed by atoms with Gasteiger partial charge in [0.15, 0.2) is 17.3 Å². The third-order valence-corrected chi connectivity index (χ3v) is 4.70. The number of rotatable bonds is 6. The van der Waals surface area contributed by atoms with E-state index in [4.69, 9.17) is 23.7 Å². The summed E-state index contributed by atoms with van der Waals surface area (Å²) in [7, 11) is 4.56. The highest BCUT2D eigenvalue weighted by Crippen LogP contribution is 2.39. The van der Waals surface area contributed by atoms with Crippen LogP contribution in [0.4, 0.5) is 0 Å². The molecule has 138 valence electrons. The van der Waals surface area contributed by atoms with Gasteiger partial charge < -0.3 is 29.0 Å². The first-order chi connectivity index (χ1) is 12.1.